The zero-order valence-electron chi connectivity index (χ0n) is 11.1. The lowest BCUT2D eigenvalue weighted by Gasteiger charge is -2.27. The van der Waals surface area contributed by atoms with Gasteiger partial charge in [-0.2, -0.15) is 0 Å². The summed E-state index contributed by atoms with van der Waals surface area (Å²) in [6.07, 6.45) is 2.12. The van der Waals surface area contributed by atoms with Gasteiger partial charge in [-0.3, -0.25) is 4.79 Å². The van der Waals surface area contributed by atoms with Crippen molar-refractivity contribution >= 4 is 5.91 Å². The van der Waals surface area contributed by atoms with Crippen LogP contribution >= 0.6 is 0 Å². The summed E-state index contributed by atoms with van der Waals surface area (Å²) in [6, 6.07) is 4.00. The minimum Gasteiger partial charge on any atom is -0.508 e. The van der Waals surface area contributed by atoms with Crippen LogP contribution in [-0.2, 0) is 0 Å². The first-order valence-corrected chi connectivity index (χ1v) is 6.56. The summed E-state index contributed by atoms with van der Waals surface area (Å²) in [6.45, 7) is 2.66. The molecule has 19 heavy (non-hydrogen) atoms. The Morgan fingerprint density at radius 1 is 1.37 bits per heavy atom. The molecule has 2 rings (SSSR count). The van der Waals surface area contributed by atoms with Crippen molar-refractivity contribution in [1.29, 1.82) is 0 Å². The third-order valence-corrected chi connectivity index (χ3v) is 3.55. The summed E-state index contributed by atoms with van der Waals surface area (Å²) in [4.78, 5) is 13.8. The van der Waals surface area contributed by atoms with Crippen LogP contribution in [0, 0.1) is 5.92 Å². The number of carbonyl (C=O) groups is 1. The molecule has 104 valence electrons. The third kappa shape index (κ3) is 3.38. The summed E-state index contributed by atoms with van der Waals surface area (Å²) in [5.41, 5.74) is 0.149. The van der Waals surface area contributed by atoms with E-state index in [9.17, 15) is 15.0 Å². The summed E-state index contributed by atoms with van der Waals surface area (Å²) in [5, 5.41) is 22.4. The molecule has 0 aliphatic carbocycles. The normalized spacial score (nSPS) is 16.3. The van der Waals surface area contributed by atoms with Crippen molar-refractivity contribution in [2.24, 2.45) is 5.92 Å². The van der Waals surface area contributed by atoms with E-state index in [0.29, 0.717) is 12.5 Å². The van der Waals surface area contributed by atoms with Gasteiger partial charge in [0, 0.05) is 13.6 Å². The predicted molar refractivity (Wildman–Crippen MR) is 72.3 cm³/mol. The first-order chi connectivity index (χ1) is 9.08. The molecule has 0 bridgehead atoms. The predicted octanol–water partition coefficient (Wildman–Crippen LogP) is 1.17. The molecule has 1 aliphatic heterocycles. The number of hydrogen-bond donors (Lipinski definition) is 3. The van der Waals surface area contributed by atoms with Crippen LogP contribution in [0.2, 0.25) is 0 Å². The second-order valence-electron chi connectivity index (χ2n) is 5.08. The molecule has 1 aromatic rings. The molecule has 1 saturated heterocycles. The summed E-state index contributed by atoms with van der Waals surface area (Å²) < 4.78 is 0. The second-order valence-corrected chi connectivity index (χ2v) is 5.08. The largest absolute Gasteiger partial charge is 0.508 e. The molecule has 1 aromatic carbocycles. The lowest BCUT2D eigenvalue weighted by Crippen LogP contribution is -2.37. The Hall–Kier alpha value is -1.75. The van der Waals surface area contributed by atoms with Crippen LogP contribution in [0.5, 0.6) is 11.5 Å². The minimum absolute atomic E-state index is 0.0172. The van der Waals surface area contributed by atoms with Gasteiger partial charge in [0.2, 0.25) is 0 Å². The van der Waals surface area contributed by atoms with Crippen molar-refractivity contribution in [2.45, 2.75) is 12.8 Å². The van der Waals surface area contributed by atoms with Crippen molar-refractivity contribution in [3.8, 4) is 11.5 Å². The fourth-order valence-corrected chi connectivity index (χ4v) is 2.44. The van der Waals surface area contributed by atoms with E-state index in [0.717, 1.165) is 25.9 Å². The van der Waals surface area contributed by atoms with Crippen molar-refractivity contribution in [1.82, 2.24) is 10.2 Å². The Morgan fingerprint density at radius 3 is 2.74 bits per heavy atom. The van der Waals surface area contributed by atoms with E-state index in [1.807, 2.05) is 0 Å². The fourth-order valence-electron chi connectivity index (χ4n) is 2.44. The number of nitrogens with zero attached hydrogens (tertiary/aromatic N) is 1. The van der Waals surface area contributed by atoms with Gasteiger partial charge in [0.05, 0.1) is 5.56 Å². The number of benzene rings is 1. The summed E-state index contributed by atoms with van der Waals surface area (Å²) in [5.74, 6) is 0.123. The lowest BCUT2D eigenvalue weighted by atomic mass is 9.97. The number of aromatic hydroxyl groups is 2. The van der Waals surface area contributed by atoms with Gasteiger partial charge in [-0.05, 0) is 50.0 Å². The molecule has 3 N–H and O–H groups in total. The molecular weight excluding hydrogens is 244 g/mol. The highest BCUT2D eigenvalue weighted by Gasteiger charge is 2.21. The first kappa shape index (κ1) is 13.7. The maximum Gasteiger partial charge on any atom is 0.257 e. The van der Waals surface area contributed by atoms with E-state index in [-0.39, 0.29) is 23.0 Å². The highest BCUT2D eigenvalue weighted by atomic mass is 16.3. The molecule has 0 saturated carbocycles. The Labute approximate surface area is 112 Å². The van der Waals surface area contributed by atoms with Gasteiger partial charge in [0.1, 0.15) is 11.5 Å². The zero-order valence-corrected chi connectivity index (χ0v) is 11.1. The standard InChI is InChI=1S/C14H20N2O3/c1-16(9-10-4-6-15-7-5-10)14(19)12-8-11(17)2-3-13(12)18/h2-3,8,10,15,17-18H,4-7,9H2,1H3. The average molecular weight is 264 g/mol. The quantitative estimate of drug-likeness (QED) is 0.717. The van der Waals surface area contributed by atoms with Gasteiger partial charge in [-0.25, -0.2) is 0 Å². The highest BCUT2D eigenvalue weighted by Crippen LogP contribution is 2.24. The molecular formula is C14H20N2O3. The van der Waals surface area contributed by atoms with E-state index in [1.54, 1.807) is 11.9 Å². The fraction of sp³-hybridized carbons (Fsp3) is 0.500. The van der Waals surface area contributed by atoms with E-state index in [2.05, 4.69) is 5.32 Å². The molecule has 0 unspecified atom stereocenters. The molecule has 0 radical (unpaired) electrons. The van der Waals surface area contributed by atoms with Gasteiger partial charge >= 0.3 is 0 Å². The number of piperidine rings is 1. The smallest absolute Gasteiger partial charge is 0.257 e. The molecule has 0 spiro atoms. The third-order valence-electron chi connectivity index (χ3n) is 3.55. The molecule has 0 aromatic heterocycles. The average Bonchev–Trinajstić information content (AvgIpc) is 2.42. The molecule has 5 heteroatoms. The molecule has 0 atom stereocenters. The molecule has 1 heterocycles. The zero-order chi connectivity index (χ0) is 13.8. The van der Waals surface area contributed by atoms with Crippen molar-refractivity contribution in [3.63, 3.8) is 0 Å². The monoisotopic (exact) mass is 264 g/mol. The Bertz CT molecular complexity index is 456. The first-order valence-electron chi connectivity index (χ1n) is 6.56. The summed E-state index contributed by atoms with van der Waals surface area (Å²) >= 11 is 0. The number of hydrogen-bond acceptors (Lipinski definition) is 4. The Balaban J connectivity index is 2.03. The van der Waals surface area contributed by atoms with Gasteiger partial charge in [-0.1, -0.05) is 0 Å². The van der Waals surface area contributed by atoms with E-state index in [4.69, 9.17) is 0 Å². The van der Waals surface area contributed by atoms with Crippen LogP contribution in [0.3, 0.4) is 0 Å². The van der Waals surface area contributed by atoms with Gasteiger partial charge < -0.3 is 20.4 Å². The van der Waals surface area contributed by atoms with Crippen molar-refractivity contribution in [2.75, 3.05) is 26.7 Å². The maximum absolute atomic E-state index is 12.2. The number of nitrogens with one attached hydrogen (secondary N) is 1. The number of rotatable bonds is 3. The molecule has 5 nitrogen and oxygen atoms in total. The lowest BCUT2D eigenvalue weighted by molar-refractivity contribution is 0.0759. The van der Waals surface area contributed by atoms with E-state index >= 15 is 0 Å². The Morgan fingerprint density at radius 2 is 2.05 bits per heavy atom. The number of amides is 1. The highest BCUT2D eigenvalue weighted by molar-refractivity contribution is 5.97. The topological polar surface area (TPSA) is 72.8 Å². The number of phenolic OH excluding ortho intramolecular Hbond substituents is 2. The van der Waals surface area contributed by atoms with Crippen LogP contribution in [0.25, 0.3) is 0 Å². The van der Waals surface area contributed by atoms with Crippen molar-refractivity contribution in [3.05, 3.63) is 23.8 Å². The van der Waals surface area contributed by atoms with Crippen LogP contribution in [-0.4, -0.2) is 47.7 Å². The van der Waals surface area contributed by atoms with Crippen LogP contribution < -0.4 is 5.32 Å². The minimum atomic E-state index is -0.257. The van der Waals surface area contributed by atoms with Crippen LogP contribution in [0.4, 0.5) is 0 Å². The SMILES string of the molecule is CN(CC1CCNCC1)C(=O)c1cc(O)ccc1O. The number of carbonyl (C=O) groups excluding carboxylic acids is 1. The molecule has 1 aliphatic rings. The van der Waals surface area contributed by atoms with Crippen LogP contribution in [0.15, 0.2) is 18.2 Å². The van der Waals surface area contributed by atoms with Crippen molar-refractivity contribution < 1.29 is 15.0 Å². The van der Waals surface area contributed by atoms with Crippen LogP contribution in [0.1, 0.15) is 23.2 Å². The van der Waals surface area contributed by atoms with Gasteiger partial charge in [0.15, 0.2) is 0 Å². The van der Waals surface area contributed by atoms with Gasteiger partial charge in [0.25, 0.3) is 5.91 Å². The maximum atomic E-state index is 12.2. The Kier molecular flexibility index (Phi) is 4.27. The van der Waals surface area contributed by atoms with E-state index < -0.39 is 0 Å². The second kappa shape index (κ2) is 5.93. The number of phenols is 2. The van der Waals surface area contributed by atoms with Gasteiger partial charge in [-0.15, -0.1) is 0 Å². The molecule has 1 amide bonds. The summed E-state index contributed by atoms with van der Waals surface area (Å²) in [7, 11) is 1.73. The molecule has 1 fully saturated rings. The van der Waals surface area contributed by atoms with E-state index in [1.165, 1.54) is 18.2 Å².